The third-order valence-electron chi connectivity index (χ3n) is 1.83. The molecule has 0 radical (unpaired) electrons. The van der Waals surface area contributed by atoms with E-state index in [0.29, 0.717) is 18.1 Å². The fourth-order valence-electron chi connectivity index (χ4n) is 1.13. The number of ether oxygens (including phenoxy) is 1. The molecule has 0 atom stereocenters. The highest BCUT2D eigenvalue weighted by atomic mass is 16.5. The van der Waals surface area contributed by atoms with E-state index < -0.39 is 0 Å². The Kier molecular flexibility index (Phi) is 2.45. The van der Waals surface area contributed by atoms with Crippen molar-refractivity contribution in [3.8, 4) is 17.3 Å². The topological polar surface area (TPSA) is 65.2 Å². The summed E-state index contributed by atoms with van der Waals surface area (Å²) in [5.41, 5.74) is 0.982. The lowest BCUT2D eigenvalue weighted by molar-refractivity contribution is 0.111. The van der Waals surface area contributed by atoms with Crippen LogP contribution < -0.4 is 4.74 Å². The van der Waals surface area contributed by atoms with E-state index in [-0.39, 0.29) is 5.69 Å². The van der Waals surface area contributed by atoms with Crippen LogP contribution in [0.3, 0.4) is 0 Å². The van der Waals surface area contributed by atoms with Gasteiger partial charge in [0.25, 0.3) is 0 Å². The Bertz CT molecular complexity index is 479. The molecule has 0 aliphatic carbocycles. The van der Waals surface area contributed by atoms with E-state index in [0.717, 1.165) is 5.56 Å². The van der Waals surface area contributed by atoms with Crippen molar-refractivity contribution in [3.63, 3.8) is 0 Å². The molecule has 0 amide bonds. The molecule has 0 spiro atoms. The largest absolute Gasteiger partial charge is 0.481 e. The Hall–Kier alpha value is -2.17. The number of hydrogen-bond donors (Lipinski definition) is 0. The van der Waals surface area contributed by atoms with E-state index in [1.54, 1.807) is 18.3 Å². The number of methoxy groups -OCH3 is 1. The van der Waals surface area contributed by atoms with Crippen LogP contribution in [0, 0.1) is 0 Å². The van der Waals surface area contributed by atoms with Crippen LogP contribution in [0.15, 0.2) is 29.0 Å². The van der Waals surface area contributed by atoms with Gasteiger partial charge in [-0.15, -0.1) is 0 Å². The average molecular weight is 204 g/mol. The van der Waals surface area contributed by atoms with Gasteiger partial charge in [-0.1, -0.05) is 0 Å². The summed E-state index contributed by atoms with van der Waals surface area (Å²) in [6, 6.07) is 3.41. The van der Waals surface area contributed by atoms with E-state index in [4.69, 9.17) is 9.15 Å². The van der Waals surface area contributed by atoms with Crippen molar-refractivity contribution in [2.75, 3.05) is 7.11 Å². The number of aldehydes is 1. The molecule has 2 rings (SSSR count). The zero-order valence-electron chi connectivity index (χ0n) is 8.01. The molecule has 0 aromatic carbocycles. The van der Waals surface area contributed by atoms with Crippen LogP contribution in [0.1, 0.15) is 10.5 Å². The molecule has 0 saturated carbocycles. The number of aromatic nitrogens is 2. The molecular weight excluding hydrogens is 196 g/mol. The molecule has 0 N–H and O–H groups in total. The summed E-state index contributed by atoms with van der Waals surface area (Å²) < 4.78 is 10.1. The maximum atomic E-state index is 10.4. The summed E-state index contributed by atoms with van der Waals surface area (Å²) in [6.07, 6.45) is 3.51. The molecular formula is C10H8N2O3. The predicted octanol–water partition coefficient (Wildman–Crippen LogP) is 1.56. The Morgan fingerprint density at radius 2 is 2.40 bits per heavy atom. The third kappa shape index (κ3) is 1.85. The zero-order chi connectivity index (χ0) is 10.7. The van der Waals surface area contributed by atoms with Crippen molar-refractivity contribution >= 4 is 6.29 Å². The first-order valence-electron chi connectivity index (χ1n) is 4.24. The minimum Gasteiger partial charge on any atom is -0.481 e. The lowest BCUT2D eigenvalue weighted by Crippen LogP contribution is -1.87. The van der Waals surface area contributed by atoms with Crippen LogP contribution in [0.2, 0.25) is 0 Å². The van der Waals surface area contributed by atoms with E-state index in [1.165, 1.54) is 13.4 Å². The minimum atomic E-state index is 0.265. The predicted molar refractivity (Wildman–Crippen MR) is 51.7 cm³/mol. The summed E-state index contributed by atoms with van der Waals surface area (Å²) in [5.74, 6) is 0.844. The van der Waals surface area contributed by atoms with Crippen molar-refractivity contribution < 1.29 is 13.9 Å². The summed E-state index contributed by atoms with van der Waals surface area (Å²) >= 11 is 0. The monoisotopic (exact) mass is 204 g/mol. The molecule has 0 fully saturated rings. The van der Waals surface area contributed by atoms with Gasteiger partial charge in [0.15, 0.2) is 6.29 Å². The Balaban J connectivity index is 2.39. The van der Waals surface area contributed by atoms with Gasteiger partial charge in [0.2, 0.25) is 11.8 Å². The first-order valence-corrected chi connectivity index (χ1v) is 4.24. The van der Waals surface area contributed by atoms with Gasteiger partial charge in [-0.05, 0) is 6.07 Å². The summed E-state index contributed by atoms with van der Waals surface area (Å²) in [5, 5.41) is 0. The van der Waals surface area contributed by atoms with Crippen LogP contribution in [0.5, 0.6) is 5.88 Å². The summed E-state index contributed by atoms with van der Waals surface area (Å²) in [7, 11) is 1.53. The molecule has 15 heavy (non-hydrogen) atoms. The van der Waals surface area contributed by atoms with Gasteiger partial charge >= 0.3 is 0 Å². The van der Waals surface area contributed by atoms with Crippen LogP contribution in [0.25, 0.3) is 11.5 Å². The second-order valence-corrected chi connectivity index (χ2v) is 2.78. The van der Waals surface area contributed by atoms with E-state index in [1.807, 2.05) is 0 Å². The van der Waals surface area contributed by atoms with Gasteiger partial charge in [-0.2, -0.15) is 0 Å². The second-order valence-electron chi connectivity index (χ2n) is 2.78. The number of carbonyl (C=O) groups is 1. The van der Waals surface area contributed by atoms with Gasteiger partial charge < -0.3 is 9.15 Å². The van der Waals surface area contributed by atoms with Gasteiger partial charge in [0.05, 0.1) is 7.11 Å². The summed E-state index contributed by atoms with van der Waals surface area (Å²) in [4.78, 5) is 18.3. The van der Waals surface area contributed by atoms with Gasteiger partial charge in [-0.25, -0.2) is 9.97 Å². The van der Waals surface area contributed by atoms with E-state index in [9.17, 15) is 4.79 Å². The lowest BCUT2D eigenvalue weighted by atomic mass is 10.2. The number of hydrogen-bond acceptors (Lipinski definition) is 5. The van der Waals surface area contributed by atoms with Gasteiger partial charge in [-0.3, -0.25) is 4.79 Å². The van der Waals surface area contributed by atoms with Crippen molar-refractivity contribution in [1.82, 2.24) is 9.97 Å². The molecule has 0 bridgehead atoms. The lowest BCUT2D eigenvalue weighted by Gasteiger charge is -1.98. The average Bonchev–Trinajstić information content (AvgIpc) is 2.78. The van der Waals surface area contributed by atoms with Crippen molar-refractivity contribution in [2.45, 2.75) is 0 Å². The van der Waals surface area contributed by atoms with Crippen LogP contribution in [-0.2, 0) is 0 Å². The zero-order valence-corrected chi connectivity index (χ0v) is 8.01. The normalized spacial score (nSPS) is 9.93. The van der Waals surface area contributed by atoms with Crippen LogP contribution >= 0.6 is 0 Å². The van der Waals surface area contributed by atoms with Gasteiger partial charge in [0.1, 0.15) is 12.0 Å². The molecule has 2 aromatic heterocycles. The summed E-state index contributed by atoms with van der Waals surface area (Å²) in [6.45, 7) is 0. The first-order chi connectivity index (χ1) is 7.33. The molecule has 2 heterocycles. The van der Waals surface area contributed by atoms with Crippen molar-refractivity contribution in [3.05, 3.63) is 30.3 Å². The maximum absolute atomic E-state index is 10.4. The molecule has 2 aromatic rings. The van der Waals surface area contributed by atoms with Crippen LogP contribution in [0.4, 0.5) is 0 Å². The van der Waals surface area contributed by atoms with Crippen molar-refractivity contribution in [1.29, 1.82) is 0 Å². The first kappa shape index (κ1) is 9.39. The Morgan fingerprint density at radius 3 is 3.07 bits per heavy atom. The van der Waals surface area contributed by atoms with E-state index >= 15 is 0 Å². The molecule has 0 aliphatic rings. The Labute approximate surface area is 85.7 Å². The fraction of sp³-hybridized carbons (Fsp3) is 0.100. The number of oxazole rings is 1. The third-order valence-corrected chi connectivity index (χ3v) is 1.83. The highest BCUT2D eigenvalue weighted by Crippen LogP contribution is 2.20. The van der Waals surface area contributed by atoms with E-state index in [2.05, 4.69) is 9.97 Å². The number of pyridine rings is 1. The smallest absolute Gasteiger partial charge is 0.226 e. The highest BCUT2D eigenvalue weighted by molar-refractivity contribution is 5.72. The standard InChI is InChI=1S/C10H8N2O3/c1-14-9-4-7(2-3-11-9)10-12-8(5-13)6-15-10/h2-6H,1H3. The fourth-order valence-corrected chi connectivity index (χ4v) is 1.13. The van der Waals surface area contributed by atoms with Crippen molar-refractivity contribution in [2.24, 2.45) is 0 Å². The molecule has 5 heteroatoms. The minimum absolute atomic E-state index is 0.265. The Morgan fingerprint density at radius 1 is 1.53 bits per heavy atom. The highest BCUT2D eigenvalue weighted by Gasteiger charge is 2.07. The number of nitrogens with zero attached hydrogens (tertiary/aromatic N) is 2. The molecule has 76 valence electrons. The SMILES string of the molecule is COc1cc(-c2nc(C=O)co2)ccn1. The molecule has 5 nitrogen and oxygen atoms in total. The number of carbonyl (C=O) groups excluding carboxylic acids is 1. The second kappa shape index (κ2) is 3.91. The van der Waals surface area contributed by atoms with Crippen LogP contribution in [-0.4, -0.2) is 23.4 Å². The quantitative estimate of drug-likeness (QED) is 0.710. The molecule has 0 aliphatic heterocycles. The molecule has 0 saturated heterocycles. The number of rotatable bonds is 3. The molecule has 0 unspecified atom stereocenters. The maximum Gasteiger partial charge on any atom is 0.226 e. The van der Waals surface area contributed by atoms with Gasteiger partial charge in [0, 0.05) is 17.8 Å².